The summed E-state index contributed by atoms with van der Waals surface area (Å²) in [6, 6.07) is 14.4. The molecule has 1 N–H and O–H groups in total. The molecule has 6 nitrogen and oxygen atoms in total. The van der Waals surface area contributed by atoms with E-state index in [1.807, 2.05) is 42.2 Å². The van der Waals surface area contributed by atoms with Crippen molar-refractivity contribution in [2.75, 3.05) is 32.7 Å². The Morgan fingerprint density at radius 1 is 1.10 bits per heavy atom. The van der Waals surface area contributed by atoms with E-state index >= 15 is 0 Å². The van der Waals surface area contributed by atoms with Crippen LogP contribution in [-0.2, 0) is 21.2 Å². The Morgan fingerprint density at radius 2 is 1.77 bits per heavy atom. The zero-order valence-electron chi connectivity index (χ0n) is 18.1. The van der Waals surface area contributed by atoms with E-state index in [1.165, 1.54) is 4.31 Å². The molecule has 168 valence electrons. The lowest BCUT2D eigenvalue weighted by Crippen LogP contribution is -2.51. The van der Waals surface area contributed by atoms with Crippen LogP contribution in [0.3, 0.4) is 0 Å². The van der Waals surface area contributed by atoms with Gasteiger partial charge in [-0.25, -0.2) is 8.42 Å². The van der Waals surface area contributed by atoms with Crippen LogP contribution in [0.25, 0.3) is 0 Å². The highest BCUT2D eigenvalue weighted by atomic mass is 35.5. The monoisotopic (exact) mass is 463 g/mol. The summed E-state index contributed by atoms with van der Waals surface area (Å²) in [5, 5.41) is 3.62. The lowest BCUT2D eigenvalue weighted by molar-refractivity contribution is -0.123. The molecule has 0 unspecified atom stereocenters. The average molecular weight is 464 g/mol. The smallest absolute Gasteiger partial charge is 0.243 e. The van der Waals surface area contributed by atoms with E-state index in [9.17, 15) is 13.2 Å². The molecule has 1 heterocycles. The minimum atomic E-state index is -3.51. The number of piperazine rings is 1. The van der Waals surface area contributed by atoms with Gasteiger partial charge in [0.15, 0.2) is 0 Å². The summed E-state index contributed by atoms with van der Waals surface area (Å²) in [4.78, 5) is 14.8. The molecule has 0 spiro atoms. The van der Waals surface area contributed by atoms with Crippen LogP contribution in [0, 0.1) is 0 Å². The Labute approximate surface area is 190 Å². The molecule has 0 saturated carbocycles. The standard InChI is InChI=1S/C23H30ClN3O3S/c1-3-5-19-8-10-22(11-9-19)31(29,30)27-14-12-26(13-15-27)17-23(28)25-18(2)20-6-4-7-21(24)16-20/h4,6-11,16,18H,3,5,12-15,17H2,1-2H3,(H,25,28)/t18-/m0/s1. The summed E-state index contributed by atoms with van der Waals surface area (Å²) in [5.41, 5.74) is 2.09. The van der Waals surface area contributed by atoms with Gasteiger partial charge in [-0.1, -0.05) is 49.2 Å². The van der Waals surface area contributed by atoms with Crippen molar-refractivity contribution in [3.8, 4) is 0 Å². The molecule has 0 bridgehead atoms. The van der Waals surface area contributed by atoms with E-state index < -0.39 is 10.0 Å². The van der Waals surface area contributed by atoms with E-state index in [0.29, 0.717) is 36.1 Å². The molecule has 1 amide bonds. The lowest BCUT2D eigenvalue weighted by Gasteiger charge is -2.33. The lowest BCUT2D eigenvalue weighted by atomic mass is 10.1. The molecule has 2 aromatic rings. The van der Waals surface area contributed by atoms with Gasteiger partial charge >= 0.3 is 0 Å². The second-order valence-corrected chi connectivity index (χ2v) is 10.3. The Balaban J connectivity index is 1.51. The Hall–Kier alpha value is -1.93. The highest BCUT2D eigenvalue weighted by molar-refractivity contribution is 7.89. The number of nitrogens with one attached hydrogen (secondary N) is 1. The topological polar surface area (TPSA) is 69.7 Å². The first-order chi connectivity index (χ1) is 14.8. The van der Waals surface area contributed by atoms with Crippen LogP contribution in [0.15, 0.2) is 53.4 Å². The van der Waals surface area contributed by atoms with E-state index in [4.69, 9.17) is 11.6 Å². The van der Waals surface area contributed by atoms with E-state index in [0.717, 1.165) is 24.0 Å². The van der Waals surface area contributed by atoms with Gasteiger partial charge in [-0.2, -0.15) is 4.31 Å². The molecule has 0 aromatic heterocycles. The average Bonchev–Trinajstić information content (AvgIpc) is 2.74. The number of amides is 1. The van der Waals surface area contributed by atoms with Gasteiger partial charge in [-0.15, -0.1) is 0 Å². The SMILES string of the molecule is CCCc1ccc(S(=O)(=O)N2CCN(CC(=O)N[C@@H](C)c3cccc(Cl)c3)CC2)cc1. The third-order valence-corrected chi connectivity index (χ3v) is 7.67. The van der Waals surface area contributed by atoms with Gasteiger partial charge in [0.25, 0.3) is 0 Å². The van der Waals surface area contributed by atoms with Crippen LogP contribution in [0.4, 0.5) is 0 Å². The van der Waals surface area contributed by atoms with Crippen molar-refractivity contribution < 1.29 is 13.2 Å². The maximum absolute atomic E-state index is 12.9. The van der Waals surface area contributed by atoms with Crippen molar-refractivity contribution in [3.05, 3.63) is 64.7 Å². The van der Waals surface area contributed by atoms with Crippen molar-refractivity contribution >= 4 is 27.5 Å². The third-order valence-electron chi connectivity index (χ3n) is 5.52. The van der Waals surface area contributed by atoms with Crippen LogP contribution in [0.2, 0.25) is 5.02 Å². The zero-order chi connectivity index (χ0) is 22.4. The number of rotatable bonds is 8. The Morgan fingerprint density at radius 3 is 2.39 bits per heavy atom. The second-order valence-electron chi connectivity index (χ2n) is 7.92. The first-order valence-electron chi connectivity index (χ1n) is 10.7. The third kappa shape index (κ3) is 6.29. The number of sulfonamides is 1. The molecule has 2 aromatic carbocycles. The zero-order valence-corrected chi connectivity index (χ0v) is 19.6. The first kappa shape index (κ1) is 23.7. The van der Waals surface area contributed by atoms with Crippen molar-refractivity contribution in [2.45, 2.75) is 37.6 Å². The molecule has 1 aliphatic rings. The summed E-state index contributed by atoms with van der Waals surface area (Å²) in [6.07, 6.45) is 1.97. The molecule has 1 aliphatic heterocycles. The molecule has 8 heteroatoms. The molecule has 31 heavy (non-hydrogen) atoms. The normalized spacial score (nSPS) is 16.7. The van der Waals surface area contributed by atoms with Gasteiger partial charge in [0.05, 0.1) is 17.5 Å². The summed E-state index contributed by atoms with van der Waals surface area (Å²) in [5.74, 6) is -0.0877. The van der Waals surface area contributed by atoms with Crippen molar-refractivity contribution in [2.24, 2.45) is 0 Å². The Bertz CT molecular complexity index is 987. The molecule has 1 fully saturated rings. The van der Waals surface area contributed by atoms with Crippen LogP contribution < -0.4 is 5.32 Å². The number of aryl methyl sites for hydroxylation is 1. The fourth-order valence-electron chi connectivity index (χ4n) is 3.74. The maximum Gasteiger partial charge on any atom is 0.243 e. The first-order valence-corrected chi connectivity index (χ1v) is 12.5. The van der Waals surface area contributed by atoms with Crippen molar-refractivity contribution in [1.82, 2.24) is 14.5 Å². The molecule has 3 rings (SSSR count). The van der Waals surface area contributed by atoms with Crippen LogP contribution in [0.1, 0.15) is 37.4 Å². The molecule has 1 atom stereocenters. The quantitative estimate of drug-likeness (QED) is 0.650. The van der Waals surface area contributed by atoms with Crippen LogP contribution in [-0.4, -0.2) is 56.3 Å². The molecule has 1 saturated heterocycles. The van der Waals surface area contributed by atoms with Crippen molar-refractivity contribution in [1.29, 1.82) is 0 Å². The van der Waals surface area contributed by atoms with Gasteiger partial charge in [-0.3, -0.25) is 9.69 Å². The number of hydrogen-bond acceptors (Lipinski definition) is 4. The number of carbonyl (C=O) groups excluding carboxylic acids is 1. The van der Waals surface area contributed by atoms with Gasteiger partial charge in [-0.05, 0) is 48.7 Å². The number of hydrogen-bond donors (Lipinski definition) is 1. The molecule has 0 aliphatic carbocycles. The minimum absolute atomic E-state index is 0.0877. The predicted molar refractivity (Wildman–Crippen MR) is 124 cm³/mol. The highest BCUT2D eigenvalue weighted by Crippen LogP contribution is 2.20. The summed E-state index contributed by atoms with van der Waals surface area (Å²) < 4.78 is 27.4. The maximum atomic E-state index is 12.9. The molecular weight excluding hydrogens is 434 g/mol. The largest absolute Gasteiger partial charge is 0.348 e. The highest BCUT2D eigenvalue weighted by Gasteiger charge is 2.29. The number of benzene rings is 2. The summed E-state index contributed by atoms with van der Waals surface area (Å²) in [6.45, 7) is 6.04. The Kier molecular flexibility index (Phi) is 8.11. The van der Waals surface area contributed by atoms with Gasteiger partial charge in [0.1, 0.15) is 0 Å². The van der Waals surface area contributed by atoms with Crippen LogP contribution in [0.5, 0.6) is 0 Å². The number of halogens is 1. The fourth-order valence-corrected chi connectivity index (χ4v) is 5.36. The molecular formula is C23H30ClN3O3S. The second kappa shape index (κ2) is 10.6. The number of nitrogens with zero attached hydrogens (tertiary/aromatic N) is 2. The van der Waals surface area contributed by atoms with E-state index in [1.54, 1.807) is 18.2 Å². The summed E-state index contributed by atoms with van der Waals surface area (Å²) >= 11 is 6.02. The van der Waals surface area contributed by atoms with Crippen molar-refractivity contribution in [3.63, 3.8) is 0 Å². The summed E-state index contributed by atoms with van der Waals surface area (Å²) in [7, 11) is -3.51. The van der Waals surface area contributed by atoms with E-state index in [2.05, 4.69) is 12.2 Å². The minimum Gasteiger partial charge on any atom is -0.348 e. The van der Waals surface area contributed by atoms with Crippen LogP contribution >= 0.6 is 11.6 Å². The van der Waals surface area contributed by atoms with Gasteiger partial charge in [0, 0.05) is 31.2 Å². The van der Waals surface area contributed by atoms with Gasteiger partial charge < -0.3 is 5.32 Å². The molecule has 0 radical (unpaired) electrons. The predicted octanol–water partition coefficient (Wildman–Crippen LogP) is 3.48. The van der Waals surface area contributed by atoms with E-state index in [-0.39, 0.29) is 18.5 Å². The fraction of sp³-hybridized carbons (Fsp3) is 0.435. The van der Waals surface area contributed by atoms with Gasteiger partial charge in [0.2, 0.25) is 15.9 Å². The number of carbonyl (C=O) groups is 1.